The normalized spacial score (nSPS) is 10.9. The number of ether oxygens (including phenoxy) is 2. The van der Waals surface area contributed by atoms with E-state index in [9.17, 15) is 4.79 Å². The highest BCUT2D eigenvalue weighted by Gasteiger charge is 2.12. The molecule has 0 atom stereocenters. The summed E-state index contributed by atoms with van der Waals surface area (Å²) in [6.45, 7) is 6.07. The van der Waals surface area contributed by atoms with Gasteiger partial charge >= 0.3 is 0 Å². The Morgan fingerprint density at radius 1 is 1.03 bits per heavy atom. The summed E-state index contributed by atoms with van der Waals surface area (Å²) >= 11 is 0. The fraction of sp³-hybridized carbons (Fsp3) is 0.286. The second-order valence-corrected chi connectivity index (χ2v) is 8.37. The zero-order valence-corrected chi connectivity index (χ0v) is 20.0. The van der Waals surface area contributed by atoms with Crippen LogP contribution in [0.5, 0.6) is 11.5 Å². The second kappa shape index (κ2) is 10.9. The number of hydrogen-bond acceptors (Lipinski definition) is 4. The molecule has 0 fully saturated rings. The minimum absolute atomic E-state index is 0.104. The Bertz CT molecular complexity index is 1260. The number of carbonyl (C=O) groups is 1. The van der Waals surface area contributed by atoms with Crippen molar-refractivity contribution in [1.29, 1.82) is 0 Å². The monoisotopic (exact) mass is 457 g/mol. The molecule has 176 valence electrons. The number of nitrogens with zero attached hydrogens (tertiary/aromatic N) is 2. The third kappa shape index (κ3) is 5.57. The van der Waals surface area contributed by atoms with Crippen LogP contribution in [0.15, 0.2) is 66.7 Å². The molecule has 4 rings (SSSR count). The molecule has 0 spiro atoms. The van der Waals surface area contributed by atoms with Crippen molar-refractivity contribution in [3.05, 3.63) is 89.2 Å². The van der Waals surface area contributed by atoms with E-state index in [0.717, 1.165) is 46.9 Å². The number of aromatic nitrogens is 2. The van der Waals surface area contributed by atoms with Gasteiger partial charge in [-0.15, -0.1) is 0 Å². The summed E-state index contributed by atoms with van der Waals surface area (Å²) in [6, 6.07) is 21.5. The van der Waals surface area contributed by atoms with Crippen LogP contribution in [0.2, 0.25) is 0 Å². The molecule has 0 bridgehead atoms. The van der Waals surface area contributed by atoms with Crippen LogP contribution in [0.1, 0.15) is 33.7 Å². The van der Waals surface area contributed by atoms with Gasteiger partial charge in [-0.05, 0) is 73.9 Å². The average molecular weight is 458 g/mol. The first-order valence-corrected chi connectivity index (χ1v) is 11.6. The van der Waals surface area contributed by atoms with Gasteiger partial charge in [-0.25, -0.2) is 4.98 Å². The predicted octanol–water partition coefficient (Wildman–Crippen LogP) is 5.10. The quantitative estimate of drug-likeness (QED) is 0.336. The van der Waals surface area contributed by atoms with Crippen molar-refractivity contribution in [3.8, 4) is 11.5 Å². The van der Waals surface area contributed by atoms with Gasteiger partial charge in [0.1, 0.15) is 17.3 Å². The van der Waals surface area contributed by atoms with Crippen LogP contribution in [-0.2, 0) is 13.0 Å². The topological polar surface area (TPSA) is 65.4 Å². The van der Waals surface area contributed by atoms with Gasteiger partial charge in [-0.1, -0.05) is 24.3 Å². The SMILES string of the molecule is COc1ccc(C(=O)NCCc2nc3ccccc3n2CCCOc2cc(C)ccc2C)cc1. The first-order valence-electron chi connectivity index (χ1n) is 11.6. The standard InChI is InChI=1S/C28H31N3O3/c1-20-9-10-21(2)26(19-20)34-18-6-17-31-25-8-5-4-7-24(25)30-27(31)15-16-29-28(32)22-11-13-23(33-3)14-12-22/h4-5,7-14,19H,6,15-18H2,1-3H3,(H,29,32). The van der Waals surface area contributed by atoms with Gasteiger partial charge in [-0.3, -0.25) is 4.79 Å². The Hall–Kier alpha value is -3.80. The van der Waals surface area contributed by atoms with E-state index in [-0.39, 0.29) is 5.91 Å². The minimum Gasteiger partial charge on any atom is -0.497 e. The summed E-state index contributed by atoms with van der Waals surface area (Å²) in [5, 5.41) is 3.00. The highest BCUT2D eigenvalue weighted by atomic mass is 16.5. The van der Waals surface area contributed by atoms with E-state index >= 15 is 0 Å². The van der Waals surface area contributed by atoms with Crippen LogP contribution in [-0.4, -0.2) is 35.7 Å². The first kappa shape index (κ1) is 23.4. The van der Waals surface area contributed by atoms with Crippen LogP contribution in [0.3, 0.4) is 0 Å². The van der Waals surface area contributed by atoms with E-state index < -0.39 is 0 Å². The van der Waals surface area contributed by atoms with Crippen molar-refractivity contribution < 1.29 is 14.3 Å². The molecule has 0 aliphatic carbocycles. The zero-order chi connectivity index (χ0) is 23.9. The summed E-state index contributed by atoms with van der Waals surface area (Å²) in [5.41, 5.74) is 5.02. The molecule has 6 heteroatoms. The van der Waals surface area contributed by atoms with Crippen LogP contribution < -0.4 is 14.8 Å². The molecule has 6 nitrogen and oxygen atoms in total. The number of aryl methyl sites for hydroxylation is 3. The Balaban J connectivity index is 1.37. The molecule has 0 unspecified atom stereocenters. The van der Waals surface area contributed by atoms with E-state index in [1.54, 1.807) is 31.4 Å². The molecule has 4 aromatic rings. The number of methoxy groups -OCH3 is 1. The second-order valence-electron chi connectivity index (χ2n) is 8.37. The summed E-state index contributed by atoms with van der Waals surface area (Å²) in [5.74, 6) is 2.53. The van der Waals surface area contributed by atoms with Gasteiger partial charge in [0.05, 0.1) is 24.8 Å². The lowest BCUT2D eigenvalue weighted by atomic mass is 10.1. The Morgan fingerprint density at radius 2 is 1.82 bits per heavy atom. The third-order valence-electron chi connectivity index (χ3n) is 5.85. The number of imidazole rings is 1. The Kier molecular flexibility index (Phi) is 7.48. The molecule has 34 heavy (non-hydrogen) atoms. The average Bonchev–Trinajstić information content (AvgIpc) is 3.21. The van der Waals surface area contributed by atoms with Gasteiger partial charge in [0.25, 0.3) is 5.91 Å². The molecule has 0 saturated carbocycles. The zero-order valence-electron chi connectivity index (χ0n) is 20.0. The summed E-state index contributed by atoms with van der Waals surface area (Å²) in [7, 11) is 1.61. The van der Waals surface area contributed by atoms with Crippen molar-refractivity contribution >= 4 is 16.9 Å². The van der Waals surface area contributed by atoms with Crippen molar-refractivity contribution in [2.24, 2.45) is 0 Å². The number of hydrogen-bond donors (Lipinski definition) is 1. The van der Waals surface area contributed by atoms with Gasteiger partial charge in [0.15, 0.2) is 0 Å². The number of fused-ring (bicyclic) bond motifs is 1. The van der Waals surface area contributed by atoms with Gasteiger partial charge in [-0.2, -0.15) is 0 Å². The maximum absolute atomic E-state index is 12.5. The lowest BCUT2D eigenvalue weighted by Gasteiger charge is -2.12. The molecule has 0 aliphatic heterocycles. The number of nitrogens with one attached hydrogen (secondary N) is 1. The van der Waals surface area contributed by atoms with Crippen LogP contribution in [0, 0.1) is 13.8 Å². The van der Waals surface area contributed by atoms with E-state index in [2.05, 4.69) is 48.0 Å². The lowest BCUT2D eigenvalue weighted by Crippen LogP contribution is -2.26. The van der Waals surface area contributed by atoms with Gasteiger partial charge in [0.2, 0.25) is 0 Å². The fourth-order valence-corrected chi connectivity index (χ4v) is 3.97. The van der Waals surface area contributed by atoms with Crippen LogP contribution in [0.25, 0.3) is 11.0 Å². The molecule has 3 aromatic carbocycles. The number of carbonyl (C=O) groups excluding carboxylic acids is 1. The maximum atomic E-state index is 12.5. The minimum atomic E-state index is -0.104. The Labute approximate surface area is 200 Å². The molecular weight excluding hydrogens is 426 g/mol. The predicted molar refractivity (Wildman–Crippen MR) is 135 cm³/mol. The van der Waals surface area contributed by atoms with Crippen LogP contribution in [0.4, 0.5) is 0 Å². The number of rotatable bonds is 10. The highest BCUT2D eigenvalue weighted by molar-refractivity contribution is 5.94. The van der Waals surface area contributed by atoms with Crippen molar-refractivity contribution in [3.63, 3.8) is 0 Å². The fourth-order valence-electron chi connectivity index (χ4n) is 3.97. The molecule has 1 N–H and O–H groups in total. The van der Waals surface area contributed by atoms with Gasteiger partial charge < -0.3 is 19.4 Å². The van der Waals surface area contributed by atoms with E-state index in [4.69, 9.17) is 14.5 Å². The van der Waals surface area contributed by atoms with Crippen molar-refractivity contribution in [2.45, 2.75) is 33.2 Å². The highest BCUT2D eigenvalue weighted by Crippen LogP contribution is 2.20. The van der Waals surface area contributed by atoms with E-state index in [1.807, 2.05) is 18.2 Å². The first-order chi connectivity index (χ1) is 16.5. The van der Waals surface area contributed by atoms with Crippen LogP contribution >= 0.6 is 0 Å². The Morgan fingerprint density at radius 3 is 2.62 bits per heavy atom. The molecule has 1 heterocycles. The largest absolute Gasteiger partial charge is 0.497 e. The van der Waals surface area contributed by atoms with Crippen molar-refractivity contribution in [1.82, 2.24) is 14.9 Å². The molecule has 0 saturated heterocycles. The maximum Gasteiger partial charge on any atom is 0.251 e. The summed E-state index contributed by atoms with van der Waals surface area (Å²) in [4.78, 5) is 17.3. The molecule has 0 aliphatic rings. The van der Waals surface area contributed by atoms with E-state index in [0.29, 0.717) is 25.1 Å². The number of benzene rings is 3. The van der Waals surface area contributed by atoms with Gasteiger partial charge in [0, 0.05) is 25.1 Å². The molecular formula is C28H31N3O3. The van der Waals surface area contributed by atoms with E-state index in [1.165, 1.54) is 5.56 Å². The molecule has 1 aromatic heterocycles. The number of amides is 1. The molecule has 0 radical (unpaired) electrons. The smallest absolute Gasteiger partial charge is 0.251 e. The lowest BCUT2D eigenvalue weighted by molar-refractivity contribution is 0.0954. The number of para-hydroxylation sites is 2. The summed E-state index contributed by atoms with van der Waals surface area (Å²) in [6.07, 6.45) is 1.51. The third-order valence-corrected chi connectivity index (χ3v) is 5.85. The molecule has 1 amide bonds. The van der Waals surface area contributed by atoms with Crippen molar-refractivity contribution in [2.75, 3.05) is 20.3 Å². The summed E-state index contributed by atoms with van der Waals surface area (Å²) < 4.78 is 13.4.